The first-order valence-electron chi connectivity index (χ1n) is 5.41. The van der Waals surface area contributed by atoms with Crippen molar-refractivity contribution in [3.05, 3.63) is 29.8 Å². The number of hydrogen-bond acceptors (Lipinski definition) is 5. The van der Waals surface area contributed by atoms with Gasteiger partial charge in [0.2, 0.25) is 10.0 Å². The number of nitrogens with two attached hydrogens (primary N) is 1. The number of ether oxygens (including phenoxy) is 1. The van der Waals surface area contributed by atoms with Crippen LogP contribution in [0.4, 0.5) is 5.69 Å². The minimum atomic E-state index is -3.53. The molecule has 1 unspecified atom stereocenters. The Morgan fingerprint density at radius 1 is 1.50 bits per heavy atom. The van der Waals surface area contributed by atoms with Crippen LogP contribution in [0.25, 0.3) is 0 Å². The highest BCUT2D eigenvalue weighted by atomic mass is 32.2. The number of nitrogens with one attached hydrogen (secondary N) is 1. The van der Waals surface area contributed by atoms with Crippen molar-refractivity contribution in [1.82, 2.24) is 4.72 Å². The minimum absolute atomic E-state index is 0.118. The SMILES string of the molecule is COCC(CO)NS(=O)(=O)Cc1cccc(N)c1. The van der Waals surface area contributed by atoms with Crippen molar-refractivity contribution in [3.8, 4) is 0 Å². The zero-order chi connectivity index (χ0) is 13.6. The van der Waals surface area contributed by atoms with Crippen molar-refractivity contribution in [2.24, 2.45) is 0 Å². The Morgan fingerprint density at radius 2 is 2.22 bits per heavy atom. The van der Waals surface area contributed by atoms with Gasteiger partial charge in [-0.2, -0.15) is 0 Å². The molecule has 0 saturated carbocycles. The molecule has 0 saturated heterocycles. The van der Waals surface area contributed by atoms with Crippen LogP contribution in [0.15, 0.2) is 24.3 Å². The Bertz CT molecular complexity index is 476. The maximum Gasteiger partial charge on any atom is 0.216 e. The number of rotatable bonds is 7. The average molecular weight is 274 g/mol. The predicted molar refractivity (Wildman–Crippen MR) is 69.4 cm³/mol. The highest BCUT2D eigenvalue weighted by Crippen LogP contribution is 2.10. The second-order valence-corrected chi connectivity index (χ2v) is 5.71. The number of nitrogen functional groups attached to an aromatic ring is 1. The molecule has 0 fully saturated rings. The molecule has 0 aromatic heterocycles. The van der Waals surface area contributed by atoms with Crippen molar-refractivity contribution in [2.45, 2.75) is 11.8 Å². The molecular formula is C11H18N2O4S. The molecule has 0 aliphatic carbocycles. The molecule has 1 rings (SSSR count). The van der Waals surface area contributed by atoms with Crippen molar-refractivity contribution >= 4 is 15.7 Å². The summed E-state index contributed by atoms with van der Waals surface area (Å²) in [6.07, 6.45) is 0. The van der Waals surface area contributed by atoms with Gasteiger partial charge in [-0.3, -0.25) is 0 Å². The van der Waals surface area contributed by atoms with Crippen LogP contribution in [0, 0.1) is 0 Å². The molecule has 1 atom stereocenters. The van der Waals surface area contributed by atoms with E-state index >= 15 is 0 Å². The molecular weight excluding hydrogens is 256 g/mol. The average Bonchev–Trinajstić information content (AvgIpc) is 2.27. The number of aliphatic hydroxyl groups is 1. The summed E-state index contributed by atoms with van der Waals surface area (Å²) in [7, 11) is -2.09. The number of sulfonamides is 1. The van der Waals surface area contributed by atoms with Crippen molar-refractivity contribution in [3.63, 3.8) is 0 Å². The normalized spacial score (nSPS) is 13.4. The largest absolute Gasteiger partial charge is 0.399 e. The highest BCUT2D eigenvalue weighted by molar-refractivity contribution is 7.88. The molecule has 0 bridgehead atoms. The molecule has 6 nitrogen and oxygen atoms in total. The number of hydrogen-bond donors (Lipinski definition) is 3. The van der Waals surface area contributed by atoms with Crippen LogP contribution in [0.2, 0.25) is 0 Å². The standard InChI is InChI=1S/C11H18N2O4S/c1-17-7-11(6-14)13-18(15,16)8-9-3-2-4-10(12)5-9/h2-5,11,13-14H,6-8,12H2,1H3. The van der Waals surface area contributed by atoms with Gasteiger partial charge in [0.15, 0.2) is 0 Å². The maximum absolute atomic E-state index is 11.8. The van der Waals surface area contributed by atoms with Crippen LogP contribution >= 0.6 is 0 Å². The summed E-state index contributed by atoms with van der Waals surface area (Å²) < 4.78 is 30.8. The molecule has 1 aromatic carbocycles. The van der Waals surface area contributed by atoms with Crippen LogP contribution < -0.4 is 10.5 Å². The second-order valence-electron chi connectivity index (χ2n) is 3.96. The first-order valence-corrected chi connectivity index (χ1v) is 7.06. The van der Waals surface area contributed by atoms with Gasteiger partial charge in [0.25, 0.3) is 0 Å². The lowest BCUT2D eigenvalue weighted by atomic mass is 10.2. The first-order chi connectivity index (χ1) is 8.46. The number of benzene rings is 1. The third-order valence-electron chi connectivity index (χ3n) is 2.24. The van der Waals surface area contributed by atoms with E-state index in [9.17, 15) is 8.42 Å². The van der Waals surface area contributed by atoms with Gasteiger partial charge >= 0.3 is 0 Å². The van der Waals surface area contributed by atoms with Crippen LogP contribution in [-0.2, 0) is 20.5 Å². The maximum atomic E-state index is 11.8. The molecule has 0 spiro atoms. The van der Waals surface area contributed by atoms with Crippen molar-refractivity contribution < 1.29 is 18.3 Å². The molecule has 1 aromatic rings. The molecule has 0 amide bonds. The van der Waals surface area contributed by atoms with E-state index in [1.807, 2.05) is 0 Å². The molecule has 18 heavy (non-hydrogen) atoms. The molecule has 4 N–H and O–H groups in total. The van der Waals surface area contributed by atoms with Gasteiger partial charge in [0.1, 0.15) is 0 Å². The van der Waals surface area contributed by atoms with Crippen LogP contribution in [-0.4, -0.2) is 39.9 Å². The molecule has 0 aliphatic heterocycles. The Labute approximate surface area is 107 Å². The van der Waals surface area contributed by atoms with Crippen molar-refractivity contribution in [1.29, 1.82) is 0 Å². The molecule has 7 heteroatoms. The quantitative estimate of drug-likeness (QED) is 0.592. The zero-order valence-corrected chi connectivity index (χ0v) is 11.0. The van der Waals surface area contributed by atoms with E-state index in [4.69, 9.17) is 15.6 Å². The fourth-order valence-electron chi connectivity index (χ4n) is 1.52. The summed E-state index contributed by atoms with van der Waals surface area (Å²) >= 11 is 0. The fraction of sp³-hybridized carbons (Fsp3) is 0.455. The van der Waals surface area contributed by atoms with E-state index in [1.54, 1.807) is 24.3 Å². The molecule has 102 valence electrons. The van der Waals surface area contributed by atoms with E-state index in [1.165, 1.54) is 7.11 Å². The molecule has 0 aliphatic rings. The smallest absolute Gasteiger partial charge is 0.216 e. The van der Waals surface area contributed by atoms with Crippen LogP contribution in [0.3, 0.4) is 0 Å². The van der Waals surface area contributed by atoms with Gasteiger partial charge in [0.05, 0.1) is 25.0 Å². The van der Waals surface area contributed by atoms with Gasteiger partial charge < -0.3 is 15.6 Å². The molecule has 0 radical (unpaired) electrons. The monoisotopic (exact) mass is 274 g/mol. The Morgan fingerprint density at radius 3 is 2.78 bits per heavy atom. The fourth-order valence-corrected chi connectivity index (χ4v) is 2.88. The predicted octanol–water partition coefficient (Wildman–Crippen LogP) is -0.304. The first kappa shape index (κ1) is 14.9. The second kappa shape index (κ2) is 6.69. The van der Waals surface area contributed by atoms with Crippen LogP contribution in [0.1, 0.15) is 5.56 Å². The minimum Gasteiger partial charge on any atom is -0.399 e. The van der Waals surface area contributed by atoms with E-state index < -0.39 is 16.1 Å². The zero-order valence-electron chi connectivity index (χ0n) is 10.2. The van der Waals surface area contributed by atoms with E-state index in [-0.39, 0.29) is 19.0 Å². The highest BCUT2D eigenvalue weighted by Gasteiger charge is 2.17. The lowest BCUT2D eigenvalue weighted by molar-refractivity contribution is 0.139. The third-order valence-corrected chi connectivity index (χ3v) is 3.65. The summed E-state index contributed by atoms with van der Waals surface area (Å²) in [5.41, 5.74) is 6.68. The van der Waals surface area contributed by atoms with Gasteiger partial charge in [-0.25, -0.2) is 13.1 Å². The van der Waals surface area contributed by atoms with Gasteiger partial charge in [-0.15, -0.1) is 0 Å². The topological polar surface area (TPSA) is 102 Å². The van der Waals surface area contributed by atoms with E-state index in [0.717, 1.165) is 0 Å². The Balaban J connectivity index is 2.70. The number of anilines is 1. The lowest BCUT2D eigenvalue weighted by Crippen LogP contribution is -2.41. The summed E-state index contributed by atoms with van der Waals surface area (Å²) in [4.78, 5) is 0. The number of methoxy groups -OCH3 is 1. The Kier molecular flexibility index (Phi) is 5.54. The van der Waals surface area contributed by atoms with Gasteiger partial charge in [-0.1, -0.05) is 12.1 Å². The van der Waals surface area contributed by atoms with E-state index in [0.29, 0.717) is 11.3 Å². The van der Waals surface area contributed by atoms with Crippen molar-refractivity contribution in [2.75, 3.05) is 26.1 Å². The van der Waals surface area contributed by atoms with Crippen LogP contribution in [0.5, 0.6) is 0 Å². The lowest BCUT2D eigenvalue weighted by Gasteiger charge is -2.15. The summed E-state index contributed by atoms with van der Waals surface area (Å²) in [5.74, 6) is -0.182. The molecule has 0 heterocycles. The Hall–Kier alpha value is -1.15. The van der Waals surface area contributed by atoms with Gasteiger partial charge in [0, 0.05) is 12.8 Å². The third kappa shape index (κ3) is 5.01. The summed E-state index contributed by atoms with van der Waals surface area (Å²) in [6.45, 7) is -0.198. The summed E-state index contributed by atoms with van der Waals surface area (Å²) in [6, 6.07) is 6.02. The summed E-state index contributed by atoms with van der Waals surface area (Å²) in [5, 5.41) is 9.00. The number of aliphatic hydroxyl groups excluding tert-OH is 1. The van der Waals surface area contributed by atoms with Gasteiger partial charge in [-0.05, 0) is 17.7 Å². The van der Waals surface area contributed by atoms with E-state index in [2.05, 4.69) is 4.72 Å².